The van der Waals surface area contributed by atoms with E-state index in [9.17, 15) is 4.79 Å². The molecule has 3 nitrogen and oxygen atoms in total. The summed E-state index contributed by atoms with van der Waals surface area (Å²) in [6.07, 6.45) is 6.73. The minimum atomic E-state index is -1.80. The largest absolute Gasteiger partial charge is 0.468 e. The van der Waals surface area contributed by atoms with Crippen molar-refractivity contribution in [2.24, 2.45) is 5.41 Å². The van der Waals surface area contributed by atoms with Crippen molar-refractivity contribution < 1.29 is 14.0 Å². The maximum absolute atomic E-state index is 12.3. The highest BCUT2D eigenvalue weighted by molar-refractivity contribution is 6.70. The van der Waals surface area contributed by atoms with Gasteiger partial charge in [0, 0.05) is 0 Å². The lowest BCUT2D eigenvalue weighted by molar-refractivity contribution is -0.149. The van der Waals surface area contributed by atoms with Crippen LogP contribution in [0.3, 0.4) is 0 Å². The molecule has 1 fully saturated rings. The Morgan fingerprint density at radius 2 is 2.00 bits per heavy atom. The maximum atomic E-state index is 12.3. The quantitative estimate of drug-likeness (QED) is 0.310. The molecule has 0 radical (unpaired) electrons. The van der Waals surface area contributed by atoms with Gasteiger partial charge in [-0.1, -0.05) is 31.4 Å². The van der Waals surface area contributed by atoms with Crippen LogP contribution in [0.1, 0.15) is 19.8 Å². The predicted molar refractivity (Wildman–Crippen MR) is 85.0 cm³/mol. The molecule has 1 aliphatic rings. The summed E-state index contributed by atoms with van der Waals surface area (Å²) in [4.78, 5) is 12.3. The van der Waals surface area contributed by atoms with Gasteiger partial charge in [0.15, 0.2) is 8.32 Å². The molecule has 0 unspecified atom stereocenters. The maximum Gasteiger partial charge on any atom is 0.315 e. The molecule has 0 saturated heterocycles. The van der Waals surface area contributed by atoms with Crippen LogP contribution in [0, 0.1) is 5.41 Å². The molecule has 4 heteroatoms. The summed E-state index contributed by atoms with van der Waals surface area (Å²) in [5.74, 6) is -0.215. The van der Waals surface area contributed by atoms with Gasteiger partial charge in [-0.2, -0.15) is 0 Å². The molecule has 0 aromatic rings. The molecule has 1 saturated carbocycles. The van der Waals surface area contributed by atoms with Gasteiger partial charge in [-0.05, 0) is 45.0 Å². The number of allylic oxidation sites excluding steroid dienone is 3. The van der Waals surface area contributed by atoms with Gasteiger partial charge in [0.25, 0.3) is 0 Å². The fourth-order valence-corrected chi connectivity index (χ4v) is 4.29. The van der Waals surface area contributed by atoms with E-state index in [0.717, 1.165) is 5.57 Å². The number of methoxy groups -OCH3 is 1. The molecule has 0 heterocycles. The molecule has 0 amide bonds. The first-order valence-electron chi connectivity index (χ1n) is 6.87. The number of hydrogen-bond donors (Lipinski definition) is 0. The number of esters is 1. The summed E-state index contributed by atoms with van der Waals surface area (Å²) >= 11 is 0. The van der Waals surface area contributed by atoms with E-state index in [-0.39, 0.29) is 5.97 Å². The average molecular weight is 294 g/mol. The van der Waals surface area contributed by atoms with E-state index in [1.165, 1.54) is 7.11 Å². The summed E-state index contributed by atoms with van der Waals surface area (Å²) in [6.45, 7) is 16.0. The van der Waals surface area contributed by atoms with Crippen molar-refractivity contribution >= 4 is 14.3 Å². The van der Waals surface area contributed by atoms with E-state index in [1.807, 2.05) is 19.1 Å². The molecule has 0 spiro atoms. The Hall–Kier alpha value is -1.13. The Balaban J connectivity index is 3.13. The highest BCUT2D eigenvalue weighted by Gasteiger charge is 2.74. The Kier molecular flexibility index (Phi) is 4.82. The molecule has 0 aromatic carbocycles. The third kappa shape index (κ3) is 2.96. The van der Waals surface area contributed by atoms with Gasteiger partial charge in [-0.3, -0.25) is 4.79 Å². The summed E-state index contributed by atoms with van der Waals surface area (Å²) in [5, 5.41) is 0. The topological polar surface area (TPSA) is 35.5 Å². The van der Waals surface area contributed by atoms with Crippen molar-refractivity contribution in [1.82, 2.24) is 0 Å². The SMILES string of the molecule is C=C/C=C\C[C@@]1(C(=O)OC)C[C@]1(O[Si](C)(C)C)C(=C)C. The lowest BCUT2D eigenvalue weighted by Gasteiger charge is -2.31. The van der Waals surface area contributed by atoms with Crippen LogP contribution in [0.15, 0.2) is 37.0 Å². The summed E-state index contributed by atoms with van der Waals surface area (Å²) in [7, 11) is -0.373. The zero-order valence-corrected chi connectivity index (χ0v) is 14.3. The second-order valence-corrected chi connectivity index (χ2v) is 10.9. The Labute approximate surface area is 123 Å². The van der Waals surface area contributed by atoms with Crippen LogP contribution in [0.5, 0.6) is 0 Å². The Morgan fingerprint density at radius 1 is 1.40 bits per heavy atom. The number of carbonyl (C=O) groups excluding carboxylic acids is 1. The van der Waals surface area contributed by atoms with E-state index in [2.05, 4.69) is 32.8 Å². The lowest BCUT2D eigenvalue weighted by atomic mass is 9.93. The van der Waals surface area contributed by atoms with E-state index < -0.39 is 19.3 Å². The van der Waals surface area contributed by atoms with Crippen molar-refractivity contribution in [3.63, 3.8) is 0 Å². The standard InChI is InChI=1S/C16H26O3Si/c1-8-9-10-11-15(14(17)18-4)12-16(15,13(2)3)19-20(5,6)7/h8-10H,1-2,11-12H2,3-7H3/b10-9-/t15-,16-/m0/s1. The lowest BCUT2D eigenvalue weighted by Crippen LogP contribution is -2.40. The van der Waals surface area contributed by atoms with Crippen molar-refractivity contribution in [1.29, 1.82) is 0 Å². The molecular formula is C16H26O3Si. The fourth-order valence-electron chi connectivity index (χ4n) is 2.80. The monoisotopic (exact) mass is 294 g/mol. The van der Waals surface area contributed by atoms with Crippen LogP contribution in [-0.4, -0.2) is 27.0 Å². The smallest absolute Gasteiger partial charge is 0.315 e. The molecule has 0 aliphatic heterocycles. The fraction of sp³-hybridized carbons (Fsp3) is 0.562. The van der Waals surface area contributed by atoms with Gasteiger partial charge in [0.05, 0.1) is 12.7 Å². The molecule has 20 heavy (non-hydrogen) atoms. The van der Waals surface area contributed by atoms with Gasteiger partial charge in [-0.25, -0.2) is 0 Å². The van der Waals surface area contributed by atoms with Gasteiger partial charge < -0.3 is 9.16 Å². The van der Waals surface area contributed by atoms with Crippen LogP contribution >= 0.6 is 0 Å². The Morgan fingerprint density at radius 3 is 2.40 bits per heavy atom. The third-order valence-corrected chi connectivity index (χ3v) is 4.64. The molecule has 0 aromatic heterocycles. The first kappa shape index (κ1) is 16.9. The minimum Gasteiger partial charge on any atom is -0.468 e. The molecule has 1 aliphatic carbocycles. The molecule has 1 rings (SSSR count). The molecule has 0 bridgehead atoms. The normalized spacial score (nSPS) is 29.2. The van der Waals surface area contributed by atoms with E-state index in [4.69, 9.17) is 9.16 Å². The minimum absolute atomic E-state index is 0.215. The van der Waals surface area contributed by atoms with Gasteiger partial charge in [0.1, 0.15) is 5.41 Å². The molecule has 112 valence electrons. The summed E-state index contributed by atoms with van der Waals surface area (Å²) in [5.41, 5.74) is -0.305. The van der Waals surface area contributed by atoms with Crippen LogP contribution in [0.4, 0.5) is 0 Å². The average Bonchev–Trinajstić information content (AvgIpc) is 2.96. The van der Waals surface area contributed by atoms with Crippen molar-refractivity contribution in [2.45, 2.75) is 45.0 Å². The predicted octanol–water partition coefficient (Wildman–Crippen LogP) is 3.85. The molecule has 2 atom stereocenters. The second-order valence-electron chi connectivity index (χ2n) is 6.44. The van der Waals surface area contributed by atoms with E-state index in [0.29, 0.717) is 12.8 Å². The first-order valence-corrected chi connectivity index (χ1v) is 10.3. The molecular weight excluding hydrogens is 268 g/mol. The zero-order chi connectivity index (χ0) is 15.6. The van der Waals surface area contributed by atoms with Crippen LogP contribution in [0.25, 0.3) is 0 Å². The summed E-state index contributed by atoms with van der Waals surface area (Å²) in [6, 6.07) is 0. The first-order chi connectivity index (χ1) is 9.15. The van der Waals surface area contributed by atoms with Gasteiger partial charge in [0.2, 0.25) is 0 Å². The molecule has 0 N–H and O–H groups in total. The number of rotatable bonds is 7. The summed E-state index contributed by atoms with van der Waals surface area (Å²) < 4.78 is 11.4. The van der Waals surface area contributed by atoms with Gasteiger partial charge in [-0.15, -0.1) is 0 Å². The number of carbonyl (C=O) groups is 1. The van der Waals surface area contributed by atoms with Crippen molar-refractivity contribution in [3.8, 4) is 0 Å². The third-order valence-electron chi connectivity index (χ3n) is 3.68. The van der Waals surface area contributed by atoms with Gasteiger partial charge >= 0.3 is 5.97 Å². The second kappa shape index (κ2) is 5.70. The highest BCUT2D eigenvalue weighted by Crippen LogP contribution is 2.66. The van der Waals surface area contributed by atoms with Crippen LogP contribution in [-0.2, 0) is 14.0 Å². The number of ether oxygens (including phenoxy) is 1. The van der Waals surface area contributed by atoms with Crippen molar-refractivity contribution in [2.75, 3.05) is 7.11 Å². The van der Waals surface area contributed by atoms with E-state index in [1.54, 1.807) is 6.08 Å². The zero-order valence-electron chi connectivity index (χ0n) is 13.3. The highest BCUT2D eigenvalue weighted by atomic mass is 28.4. The van der Waals surface area contributed by atoms with Crippen LogP contribution < -0.4 is 0 Å². The van der Waals surface area contributed by atoms with Crippen LogP contribution in [0.2, 0.25) is 19.6 Å². The Bertz CT molecular complexity index is 447. The van der Waals surface area contributed by atoms with Crippen molar-refractivity contribution in [3.05, 3.63) is 37.0 Å². The van der Waals surface area contributed by atoms with E-state index >= 15 is 0 Å². The number of hydrogen-bond acceptors (Lipinski definition) is 3.